The van der Waals surface area contributed by atoms with E-state index in [0.717, 1.165) is 24.9 Å². The van der Waals surface area contributed by atoms with Gasteiger partial charge in [-0.1, -0.05) is 36.4 Å². The Morgan fingerprint density at radius 1 is 1.00 bits per heavy atom. The molecule has 0 bridgehead atoms. The monoisotopic (exact) mass is 291 g/mol. The number of aryl methyl sites for hydroxylation is 2. The molecular weight excluding hydrogens is 270 g/mol. The maximum atomic E-state index is 12.4. The Kier molecular flexibility index (Phi) is 3.25. The molecule has 0 heterocycles. The zero-order valence-electron chi connectivity index (χ0n) is 12.8. The summed E-state index contributed by atoms with van der Waals surface area (Å²) in [6.07, 6.45) is 5.83. The lowest BCUT2D eigenvalue weighted by atomic mass is 9.96. The summed E-state index contributed by atoms with van der Waals surface area (Å²) >= 11 is 0. The van der Waals surface area contributed by atoms with Gasteiger partial charge in [0.25, 0.3) is 5.91 Å². The van der Waals surface area contributed by atoms with E-state index in [1.54, 1.807) is 0 Å². The summed E-state index contributed by atoms with van der Waals surface area (Å²) in [5.74, 6) is 0.0666. The molecule has 2 nitrogen and oxygen atoms in total. The highest BCUT2D eigenvalue weighted by atomic mass is 16.1. The van der Waals surface area contributed by atoms with Crippen LogP contribution in [-0.2, 0) is 18.3 Å². The van der Waals surface area contributed by atoms with Crippen LogP contribution in [-0.4, -0.2) is 12.5 Å². The average molecular weight is 291 g/mol. The number of nitrogens with one attached hydrogen (secondary N) is 1. The third-order valence-electron chi connectivity index (χ3n) is 5.19. The van der Waals surface area contributed by atoms with E-state index in [1.165, 1.54) is 36.0 Å². The molecule has 2 aromatic rings. The summed E-state index contributed by atoms with van der Waals surface area (Å²) in [7, 11) is 0. The number of benzene rings is 2. The van der Waals surface area contributed by atoms with Gasteiger partial charge in [0.05, 0.1) is 0 Å². The zero-order chi connectivity index (χ0) is 15.0. The van der Waals surface area contributed by atoms with Crippen LogP contribution in [0.25, 0.3) is 0 Å². The van der Waals surface area contributed by atoms with Gasteiger partial charge in [0, 0.05) is 17.5 Å². The molecule has 0 aliphatic heterocycles. The molecule has 1 N–H and O–H groups in total. The zero-order valence-corrected chi connectivity index (χ0v) is 12.8. The first-order valence-electron chi connectivity index (χ1n) is 8.22. The van der Waals surface area contributed by atoms with Gasteiger partial charge in [0.1, 0.15) is 0 Å². The molecule has 1 fully saturated rings. The van der Waals surface area contributed by atoms with E-state index < -0.39 is 0 Å². The van der Waals surface area contributed by atoms with Crippen LogP contribution < -0.4 is 5.32 Å². The van der Waals surface area contributed by atoms with Gasteiger partial charge in [0.2, 0.25) is 0 Å². The van der Waals surface area contributed by atoms with Crippen LogP contribution in [0.3, 0.4) is 0 Å². The summed E-state index contributed by atoms with van der Waals surface area (Å²) in [5, 5.41) is 3.15. The second kappa shape index (κ2) is 5.28. The Balaban J connectivity index is 1.45. The predicted octanol–water partition coefficient (Wildman–Crippen LogP) is 3.64. The topological polar surface area (TPSA) is 29.1 Å². The van der Waals surface area contributed by atoms with Crippen molar-refractivity contribution >= 4 is 5.91 Å². The van der Waals surface area contributed by atoms with Crippen molar-refractivity contribution in [2.75, 3.05) is 6.54 Å². The molecule has 112 valence electrons. The fraction of sp³-hybridized carbons (Fsp3) is 0.350. The highest BCUT2D eigenvalue weighted by Crippen LogP contribution is 2.47. The van der Waals surface area contributed by atoms with Gasteiger partial charge in [-0.25, -0.2) is 0 Å². The number of fused-ring (bicyclic) bond motifs is 1. The van der Waals surface area contributed by atoms with Crippen LogP contribution >= 0.6 is 0 Å². The van der Waals surface area contributed by atoms with Gasteiger partial charge in [-0.15, -0.1) is 0 Å². The molecule has 2 heteroatoms. The maximum absolute atomic E-state index is 12.4. The number of carbonyl (C=O) groups is 1. The lowest BCUT2D eigenvalue weighted by Gasteiger charge is -2.16. The van der Waals surface area contributed by atoms with Crippen LogP contribution in [0.4, 0.5) is 0 Å². The lowest BCUT2D eigenvalue weighted by molar-refractivity contribution is 0.0949. The normalized spacial score (nSPS) is 17.8. The van der Waals surface area contributed by atoms with Crippen LogP contribution in [0.5, 0.6) is 0 Å². The van der Waals surface area contributed by atoms with Crippen LogP contribution in [0, 0.1) is 0 Å². The summed E-state index contributed by atoms with van der Waals surface area (Å²) in [6.45, 7) is 0.743. The van der Waals surface area contributed by atoms with E-state index in [2.05, 4.69) is 41.7 Å². The van der Waals surface area contributed by atoms with Gasteiger partial charge in [0.15, 0.2) is 0 Å². The Hall–Kier alpha value is -2.09. The molecule has 0 saturated heterocycles. The third-order valence-corrected chi connectivity index (χ3v) is 5.19. The van der Waals surface area contributed by atoms with Crippen LogP contribution in [0.1, 0.15) is 46.3 Å². The fourth-order valence-electron chi connectivity index (χ4n) is 3.57. The largest absolute Gasteiger partial charge is 0.351 e. The summed E-state index contributed by atoms with van der Waals surface area (Å²) in [5.41, 5.74) is 5.11. The second-order valence-electron chi connectivity index (χ2n) is 6.67. The number of carbonyl (C=O) groups excluding carboxylic acids is 1. The summed E-state index contributed by atoms with van der Waals surface area (Å²) < 4.78 is 0. The van der Waals surface area contributed by atoms with Gasteiger partial charge in [-0.05, 0) is 60.9 Å². The predicted molar refractivity (Wildman–Crippen MR) is 88.2 cm³/mol. The fourth-order valence-corrected chi connectivity index (χ4v) is 3.57. The lowest BCUT2D eigenvalue weighted by Crippen LogP contribution is -2.32. The van der Waals surface area contributed by atoms with Gasteiger partial charge < -0.3 is 5.32 Å². The minimum Gasteiger partial charge on any atom is -0.351 e. The highest BCUT2D eigenvalue weighted by molar-refractivity contribution is 5.94. The minimum absolute atomic E-state index is 0.0666. The van der Waals surface area contributed by atoms with E-state index in [-0.39, 0.29) is 11.3 Å². The number of hydrogen-bond donors (Lipinski definition) is 1. The number of rotatable bonds is 4. The van der Waals surface area contributed by atoms with Crippen LogP contribution in [0.15, 0.2) is 48.5 Å². The molecule has 0 radical (unpaired) electrons. The average Bonchev–Trinajstić information content (AvgIpc) is 3.22. The molecule has 0 aromatic heterocycles. The van der Waals surface area contributed by atoms with Crippen molar-refractivity contribution in [1.29, 1.82) is 0 Å². The molecular formula is C20H21NO. The van der Waals surface area contributed by atoms with E-state index in [0.29, 0.717) is 0 Å². The van der Waals surface area contributed by atoms with Crippen molar-refractivity contribution < 1.29 is 4.79 Å². The first-order valence-corrected chi connectivity index (χ1v) is 8.22. The van der Waals surface area contributed by atoms with Crippen molar-refractivity contribution in [3.05, 3.63) is 70.8 Å². The SMILES string of the molecule is O=C(NCC1(c2ccccc2)CC1)c1ccc2c(c1)CCC2. The molecule has 0 unspecified atom stereocenters. The molecule has 1 amide bonds. The Labute approximate surface area is 131 Å². The van der Waals surface area contributed by atoms with Crippen LogP contribution in [0.2, 0.25) is 0 Å². The minimum atomic E-state index is 0.0666. The smallest absolute Gasteiger partial charge is 0.251 e. The highest BCUT2D eigenvalue weighted by Gasteiger charge is 2.44. The Morgan fingerprint density at radius 2 is 1.77 bits per heavy atom. The quantitative estimate of drug-likeness (QED) is 0.915. The number of amides is 1. The third kappa shape index (κ3) is 2.43. The van der Waals surface area contributed by atoms with E-state index >= 15 is 0 Å². The van der Waals surface area contributed by atoms with Gasteiger partial charge in [-0.2, -0.15) is 0 Å². The Morgan fingerprint density at radius 3 is 2.55 bits per heavy atom. The molecule has 2 aromatic carbocycles. The summed E-state index contributed by atoms with van der Waals surface area (Å²) in [6, 6.07) is 16.7. The first-order chi connectivity index (χ1) is 10.8. The number of hydrogen-bond acceptors (Lipinski definition) is 1. The maximum Gasteiger partial charge on any atom is 0.251 e. The van der Waals surface area contributed by atoms with Gasteiger partial charge in [-0.3, -0.25) is 4.79 Å². The van der Waals surface area contributed by atoms with Crippen molar-refractivity contribution in [3.63, 3.8) is 0 Å². The second-order valence-corrected chi connectivity index (χ2v) is 6.67. The van der Waals surface area contributed by atoms with E-state index in [1.807, 2.05) is 12.1 Å². The molecule has 0 atom stereocenters. The molecule has 1 saturated carbocycles. The molecule has 22 heavy (non-hydrogen) atoms. The van der Waals surface area contributed by atoms with Crippen molar-refractivity contribution in [1.82, 2.24) is 5.32 Å². The molecule has 2 aliphatic rings. The van der Waals surface area contributed by atoms with Crippen molar-refractivity contribution in [2.45, 2.75) is 37.5 Å². The van der Waals surface area contributed by atoms with E-state index in [9.17, 15) is 4.79 Å². The van der Waals surface area contributed by atoms with E-state index in [4.69, 9.17) is 0 Å². The van der Waals surface area contributed by atoms with Crippen molar-refractivity contribution in [3.8, 4) is 0 Å². The first kappa shape index (κ1) is 13.6. The standard InChI is InChI=1S/C20H21NO/c22-19(17-10-9-15-5-4-6-16(15)13-17)21-14-20(11-12-20)18-7-2-1-3-8-18/h1-3,7-10,13H,4-6,11-12,14H2,(H,21,22). The Bertz CT molecular complexity index is 701. The molecule has 4 rings (SSSR count). The summed E-state index contributed by atoms with van der Waals surface area (Å²) in [4.78, 5) is 12.4. The van der Waals surface area contributed by atoms with Gasteiger partial charge >= 0.3 is 0 Å². The van der Waals surface area contributed by atoms with Crippen molar-refractivity contribution in [2.24, 2.45) is 0 Å². The molecule has 2 aliphatic carbocycles. The molecule has 0 spiro atoms.